The van der Waals surface area contributed by atoms with Gasteiger partial charge in [0.2, 0.25) is 23.6 Å². The highest BCUT2D eigenvalue weighted by molar-refractivity contribution is 5.95. The third-order valence-corrected chi connectivity index (χ3v) is 5.77. The number of hydrogen-bond acceptors (Lipinski definition) is 10. The highest BCUT2D eigenvalue weighted by Crippen LogP contribution is 2.23. The van der Waals surface area contributed by atoms with E-state index >= 15 is 0 Å². The molecule has 2 aliphatic rings. The van der Waals surface area contributed by atoms with Gasteiger partial charge in [-0.1, -0.05) is 13.8 Å². The molecule has 10 N–H and O–H groups in total. The smallest absolute Gasteiger partial charge is 0.326 e. The average molecular weight is 515 g/mol. The van der Waals surface area contributed by atoms with Crippen molar-refractivity contribution in [2.24, 2.45) is 17.6 Å². The zero-order valence-electron chi connectivity index (χ0n) is 20.1. The molecule has 16 nitrogen and oxygen atoms in total. The van der Waals surface area contributed by atoms with Gasteiger partial charge in [-0.25, -0.2) is 15.6 Å². The first-order valence-electron chi connectivity index (χ1n) is 11.5. The molecule has 16 heteroatoms. The Morgan fingerprint density at radius 1 is 1.08 bits per heavy atom. The van der Waals surface area contributed by atoms with Crippen LogP contribution in [0.4, 0.5) is 0 Å². The van der Waals surface area contributed by atoms with Crippen molar-refractivity contribution >= 4 is 35.6 Å². The molecule has 0 saturated carbocycles. The van der Waals surface area contributed by atoms with Gasteiger partial charge in [0.1, 0.15) is 24.4 Å². The van der Waals surface area contributed by atoms with Crippen LogP contribution in [0.25, 0.3) is 0 Å². The Bertz CT molecular complexity index is 865. The summed E-state index contributed by atoms with van der Waals surface area (Å²) in [6, 6.07) is -3.69. The number of carboxylic acids is 2. The van der Waals surface area contributed by atoms with E-state index in [0.717, 1.165) is 0 Å². The number of nitrogens with two attached hydrogens (primary N) is 1. The number of hydrogen-bond donors (Lipinski definition) is 9. The summed E-state index contributed by atoms with van der Waals surface area (Å²) in [7, 11) is 0. The molecular weight excluding hydrogens is 480 g/mol. The van der Waals surface area contributed by atoms with E-state index in [1.165, 1.54) is 4.90 Å². The number of likely N-dealkylation sites (tertiary alicyclic amines) is 1. The highest BCUT2D eigenvalue weighted by Gasteiger charge is 2.39. The Morgan fingerprint density at radius 2 is 1.75 bits per heavy atom. The zero-order chi connectivity index (χ0) is 27.0. The minimum atomic E-state index is -1.56. The zero-order valence-corrected chi connectivity index (χ0v) is 20.1. The number of carbonyl (C=O) groups excluding carboxylic acids is 4. The van der Waals surface area contributed by atoms with Gasteiger partial charge in [-0.15, -0.1) is 0 Å². The first-order chi connectivity index (χ1) is 16.9. The summed E-state index contributed by atoms with van der Waals surface area (Å²) in [5.41, 5.74) is 11.2. The number of amides is 4. The quantitative estimate of drug-likeness (QED) is 0.0992. The summed E-state index contributed by atoms with van der Waals surface area (Å²) in [6.07, 6.45) is -0.478. The molecule has 2 fully saturated rings. The number of carboxylic acid groups (broad SMARTS) is 2. The van der Waals surface area contributed by atoms with Crippen LogP contribution in [-0.4, -0.2) is 101 Å². The number of nitrogens with zero attached hydrogens (tertiary/aromatic N) is 1. The summed E-state index contributed by atoms with van der Waals surface area (Å²) in [5.74, 6) is -6.08. The van der Waals surface area contributed by atoms with Crippen LogP contribution in [0.3, 0.4) is 0 Å². The second kappa shape index (κ2) is 13.1. The van der Waals surface area contributed by atoms with Crippen LogP contribution < -0.4 is 37.9 Å². The van der Waals surface area contributed by atoms with Gasteiger partial charge in [0.25, 0.3) is 0 Å². The molecule has 0 aliphatic carbocycles. The van der Waals surface area contributed by atoms with Crippen LogP contribution in [0.2, 0.25) is 0 Å². The van der Waals surface area contributed by atoms with Crippen LogP contribution in [0, 0.1) is 11.8 Å². The molecule has 2 heterocycles. The Balaban J connectivity index is 1.94. The fourth-order valence-electron chi connectivity index (χ4n) is 3.82. The molecule has 36 heavy (non-hydrogen) atoms. The minimum Gasteiger partial charge on any atom is -0.481 e. The Kier molecular flexibility index (Phi) is 10.5. The van der Waals surface area contributed by atoms with E-state index in [0.29, 0.717) is 19.5 Å². The van der Waals surface area contributed by atoms with Crippen molar-refractivity contribution in [2.75, 3.05) is 26.2 Å². The van der Waals surface area contributed by atoms with Gasteiger partial charge in [-0.2, -0.15) is 0 Å². The minimum absolute atomic E-state index is 0.0255. The standard InChI is InChI=1S/C20H34N8O8/c1-9(2)16(19(35)36)25-17(33)11(4-15(31)32)24-13(29)7-22-18(34)12-3-10(6-23-20-26-27-20)8-28(12)14(30)5-21/h9-12,16,20,23,26-27H,3-8,21H2,1-2H3,(H,22,34)(H,24,29)(H,25,33)(H,31,32)(H,35,36)/t10-,11-,12+,16-/m0/s1. The lowest BCUT2D eigenvalue weighted by Gasteiger charge is -2.24. The number of nitrogens with one attached hydrogen (secondary N) is 6. The Labute approximate surface area is 207 Å². The largest absolute Gasteiger partial charge is 0.481 e. The normalized spacial score (nSPS) is 20.9. The molecule has 0 aromatic rings. The lowest BCUT2D eigenvalue weighted by molar-refractivity contribution is -0.144. The van der Waals surface area contributed by atoms with Gasteiger partial charge < -0.3 is 36.8 Å². The predicted molar refractivity (Wildman–Crippen MR) is 122 cm³/mol. The maximum atomic E-state index is 12.8. The molecule has 0 unspecified atom stereocenters. The van der Waals surface area contributed by atoms with E-state index in [-0.39, 0.29) is 18.8 Å². The van der Waals surface area contributed by atoms with Gasteiger partial charge in [0.15, 0.2) is 0 Å². The molecule has 0 bridgehead atoms. The Morgan fingerprint density at radius 3 is 2.28 bits per heavy atom. The van der Waals surface area contributed by atoms with Gasteiger partial charge >= 0.3 is 11.9 Å². The third-order valence-electron chi connectivity index (χ3n) is 5.77. The lowest BCUT2D eigenvalue weighted by Crippen LogP contribution is -2.55. The maximum Gasteiger partial charge on any atom is 0.326 e. The molecule has 2 aliphatic heterocycles. The van der Waals surface area contributed by atoms with Gasteiger partial charge in [0.05, 0.1) is 19.5 Å². The van der Waals surface area contributed by atoms with Crippen molar-refractivity contribution in [3.05, 3.63) is 0 Å². The molecule has 202 valence electrons. The lowest BCUT2D eigenvalue weighted by atomic mass is 10.0. The molecular formula is C20H34N8O8. The van der Waals surface area contributed by atoms with E-state index in [1.807, 2.05) is 0 Å². The first-order valence-corrected chi connectivity index (χ1v) is 11.5. The van der Waals surface area contributed by atoms with Crippen molar-refractivity contribution < 1.29 is 39.0 Å². The van der Waals surface area contributed by atoms with Crippen molar-refractivity contribution in [3.63, 3.8) is 0 Å². The maximum absolute atomic E-state index is 12.8. The topological polar surface area (TPSA) is 264 Å². The van der Waals surface area contributed by atoms with Crippen LogP contribution in [0.15, 0.2) is 0 Å². The van der Waals surface area contributed by atoms with Gasteiger partial charge in [0, 0.05) is 13.1 Å². The van der Waals surface area contributed by atoms with Crippen molar-refractivity contribution in [3.8, 4) is 0 Å². The molecule has 0 aromatic carbocycles. The van der Waals surface area contributed by atoms with E-state index in [1.54, 1.807) is 13.8 Å². The summed E-state index contributed by atoms with van der Waals surface area (Å²) in [4.78, 5) is 73.7. The van der Waals surface area contributed by atoms with Crippen molar-refractivity contribution in [1.82, 2.24) is 37.0 Å². The molecule has 4 amide bonds. The number of hydrazine groups is 1. The molecule has 2 rings (SSSR count). The summed E-state index contributed by atoms with van der Waals surface area (Å²) in [6.45, 7) is 3.08. The third kappa shape index (κ3) is 8.71. The molecule has 0 radical (unpaired) electrons. The number of rotatable bonds is 14. The monoisotopic (exact) mass is 514 g/mol. The highest BCUT2D eigenvalue weighted by atomic mass is 16.4. The molecule has 0 aromatic heterocycles. The fraction of sp³-hybridized carbons (Fsp3) is 0.700. The van der Waals surface area contributed by atoms with Gasteiger partial charge in [-0.05, 0) is 18.3 Å². The SMILES string of the molecule is CC(C)[C@H](NC(=O)[C@H](CC(=O)O)NC(=O)CNC(=O)[C@H]1C[C@@H](CNC2NN2)CN1C(=O)CN)C(=O)O. The summed E-state index contributed by atoms with van der Waals surface area (Å²) < 4.78 is 0. The number of carbonyl (C=O) groups is 6. The van der Waals surface area contributed by atoms with Crippen LogP contribution >= 0.6 is 0 Å². The van der Waals surface area contributed by atoms with Gasteiger partial charge in [-0.3, -0.25) is 29.3 Å². The molecule has 4 atom stereocenters. The van der Waals surface area contributed by atoms with Crippen molar-refractivity contribution in [1.29, 1.82) is 0 Å². The van der Waals surface area contributed by atoms with Crippen LogP contribution in [0.5, 0.6) is 0 Å². The van der Waals surface area contributed by atoms with E-state index in [9.17, 15) is 33.9 Å². The average Bonchev–Trinajstić information content (AvgIpc) is 3.54. The summed E-state index contributed by atoms with van der Waals surface area (Å²) >= 11 is 0. The van der Waals surface area contributed by atoms with Crippen LogP contribution in [-0.2, 0) is 28.8 Å². The molecule has 2 saturated heterocycles. The second-order valence-corrected chi connectivity index (χ2v) is 9.00. The molecule has 0 spiro atoms. The van der Waals surface area contributed by atoms with E-state index in [4.69, 9.17) is 10.8 Å². The van der Waals surface area contributed by atoms with Crippen LogP contribution in [0.1, 0.15) is 26.7 Å². The first kappa shape index (κ1) is 28.9. The Hall–Kier alpha value is -3.34. The second-order valence-electron chi connectivity index (χ2n) is 9.00. The van der Waals surface area contributed by atoms with E-state index in [2.05, 4.69) is 32.1 Å². The van der Waals surface area contributed by atoms with Crippen molar-refractivity contribution in [2.45, 2.75) is 51.1 Å². The fourth-order valence-corrected chi connectivity index (χ4v) is 3.82. The number of aliphatic carboxylic acids is 2. The predicted octanol–water partition coefficient (Wildman–Crippen LogP) is -4.56. The summed E-state index contributed by atoms with van der Waals surface area (Å²) in [5, 5.41) is 28.3. The van der Waals surface area contributed by atoms with E-state index < -0.39 is 72.6 Å².